The molecule has 0 saturated carbocycles. The number of alkyl halides is 3. The van der Waals surface area contributed by atoms with Crippen LogP contribution < -0.4 is 40.6 Å². The molecule has 5 N–H and O–H groups in total. The fraction of sp³-hybridized carbons (Fsp3) is 0.333. The first kappa shape index (κ1) is 28.4. The van der Waals surface area contributed by atoms with Gasteiger partial charge >= 0.3 is 41.7 Å². The van der Waals surface area contributed by atoms with Crippen molar-refractivity contribution in [3.63, 3.8) is 0 Å². The number of nitrogens with one attached hydrogen (secondary N) is 1. The molecule has 4 heterocycles. The van der Waals surface area contributed by atoms with Crippen LogP contribution in [0.15, 0.2) is 22.8 Å². The molecule has 0 spiro atoms. The molecule has 3 atom stereocenters. The van der Waals surface area contributed by atoms with E-state index in [4.69, 9.17) is 5.73 Å². The molecule has 0 aliphatic carbocycles. The summed E-state index contributed by atoms with van der Waals surface area (Å²) < 4.78 is 38.8. The summed E-state index contributed by atoms with van der Waals surface area (Å²) in [6.07, 6.45) is -3.53. The van der Waals surface area contributed by atoms with Crippen molar-refractivity contribution in [1.82, 2.24) is 20.2 Å². The summed E-state index contributed by atoms with van der Waals surface area (Å²) in [6, 6.07) is 0. The van der Waals surface area contributed by atoms with E-state index in [0.717, 1.165) is 46.3 Å². The van der Waals surface area contributed by atoms with E-state index in [0.29, 0.717) is 5.69 Å². The van der Waals surface area contributed by atoms with Crippen molar-refractivity contribution in [2.75, 3.05) is 5.73 Å². The molecule has 0 radical (unpaired) electrons. The zero-order valence-corrected chi connectivity index (χ0v) is 22.7. The van der Waals surface area contributed by atoms with Crippen LogP contribution in [0, 0.1) is 5.41 Å². The van der Waals surface area contributed by atoms with Crippen LogP contribution in [-0.4, -0.2) is 59.5 Å². The van der Waals surface area contributed by atoms with Gasteiger partial charge in [-0.2, -0.15) is 13.2 Å². The van der Waals surface area contributed by atoms with Gasteiger partial charge in [0, 0.05) is 16.5 Å². The van der Waals surface area contributed by atoms with Crippen LogP contribution in [0.3, 0.4) is 0 Å². The van der Waals surface area contributed by atoms with Crippen molar-refractivity contribution in [2.24, 2.45) is 10.6 Å². The Labute approximate surface area is 236 Å². The smallest absolute Gasteiger partial charge is 1.00 e. The molecule has 0 aromatic carbocycles. The maximum absolute atomic E-state index is 12.9. The van der Waals surface area contributed by atoms with E-state index in [2.05, 4.69) is 20.4 Å². The zero-order chi connectivity index (χ0) is 25.5. The van der Waals surface area contributed by atoms with E-state index in [9.17, 15) is 37.9 Å². The van der Waals surface area contributed by atoms with Gasteiger partial charge in [-0.3, -0.25) is 14.4 Å². The number of anilines is 1. The van der Waals surface area contributed by atoms with Gasteiger partial charge in [0.1, 0.15) is 11.2 Å². The summed E-state index contributed by atoms with van der Waals surface area (Å²) in [5.74, 6) is -2.76. The number of amides is 2. The number of aliphatic carboxylic acids is 1. The molecule has 2 aliphatic heterocycles. The molecule has 0 bridgehead atoms. The van der Waals surface area contributed by atoms with Crippen LogP contribution in [0.5, 0.6) is 0 Å². The number of thioether (sulfide) groups is 1. The summed E-state index contributed by atoms with van der Waals surface area (Å²) in [4.78, 5) is 46.1. The van der Waals surface area contributed by atoms with Gasteiger partial charge in [0.05, 0.1) is 23.9 Å². The molecule has 2 unspecified atom stereocenters. The van der Waals surface area contributed by atoms with Crippen molar-refractivity contribution < 1.29 is 68.9 Å². The number of oxime groups is 1. The third kappa shape index (κ3) is 5.26. The Bertz CT molecular complexity index is 1260. The molecular formula is C18H16F3N6NaO5S3. The second kappa shape index (κ2) is 10.7. The number of nitrogens with two attached hydrogens (primary N) is 1. The molecule has 4 rings (SSSR count). The summed E-state index contributed by atoms with van der Waals surface area (Å²) in [7, 11) is 0. The van der Waals surface area contributed by atoms with Gasteiger partial charge in [-0.05, 0) is 6.08 Å². The number of β-lactam (4-membered cyclic amide) rings is 1. The third-order valence-electron chi connectivity index (χ3n) is 5.19. The van der Waals surface area contributed by atoms with E-state index in [1.54, 1.807) is 0 Å². The van der Waals surface area contributed by atoms with Crippen molar-refractivity contribution in [3.8, 4) is 0 Å². The van der Waals surface area contributed by atoms with E-state index >= 15 is 0 Å². The minimum Gasteiger partial charge on any atom is -1.00 e. The number of thiazole rings is 2. The normalized spacial score (nSPS) is 24.8. The Morgan fingerprint density at radius 1 is 1.44 bits per heavy atom. The maximum atomic E-state index is 12.9. The molecule has 11 nitrogen and oxygen atoms in total. The Morgan fingerprint density at radius 3 is 2.69 bits per heavy atom. The number of carbonyl (C=O) groups excluding carboxylic acids is 2. The second-order valence-electron chi connectivity index (χ2n) is 7.38. The molecule has 36 heavy (non-hydrogen) atoms. The van der Waals surface area contributed by atoms with Gasteiger partial charge in [-0.25, -0.2) is 9.97 Å². The number of carbonyl (C=O) groups is 3. The third-order valence-corrected chi connectivity index (χ3v) is 8.23. The number of aromatic nitrogens is 2. The first-order valence-electron chi connectivity index (χ1n) is 9.61. The molecule has 2 aromatic heterocycles. The summed E-state index contributed by atoms with van der Waals surface area (Å²) >= 11 is 2.18. The number of hydrogen-bond acceptors (Lipinski definition) is 11. The van der Waals surface area contributed by atoms with Crippen molar-refractivity contribution in [3.05, 3.63) is 33.2 Å². The number of fused-ring (bicyclic) bond motifs is 1. The number of hydrogen-bond donors (Lipinski definition) is 4. The molecular weight excluding hydrogens is 556 g/mol. The molecule has 188 valence electrons. The number of nitrogens with zero attached hydrogens (tertiary/aromatic N) is 4. The van der Waals surface area contributed by atoms with Gasteiger partial charge in [0.2, 0.25) is 11.8 Å². The SMILES string of the molecule is Nc1nc(CC(=O)NC2N3C(=O)C[C@H]3SC(=NO)C2(C=Cc2cnc(C(F)(F)F)s2)C(=O)O)cs1.[H-].[Na+]. The molecule has 2 amide bonds. The largest absolute Gasteiger partial charge is 1.00 e. The number of carboxylic acid groups (broad SMARTS) is 1. The Hall–Kier alpha value is -2.18. The monoisotopic (exact) mass is 572 g/mol. The topological polar surface area (TPSA) is 171 Å². The second-order valence-corrected chi connectivity index (χ2v) is 10.5. The average Bonchev–Trinajstić information content (AvgIpc) is 3.40. The predicted octanol–water partition coefficient (Wildman–Crippen LogP) is -0.821. The van der Waals surface area contributed by atoms with Crippen LogP contribution >= 0.6 is 34.4 Å². The van der Waals surface area contributed by atoms with E-state index < -0.39 is 45.9 Å². The van der Waals surface area contributed by atoms with Crippen molar-refractivity contribution in [2.45, 2.75) is 30.6 Å². The van der Waals surface area contributed by atoms with Gasteiger partial charge in [-0.1, -0.05) is 23.0 Å². The van der Waals surface area contributed by atoms with E-state index in [1.165, 1.54) is 5.38 Å². The first-order valence-corrected chi connectivity index (χ1v) is 12.2. The fourth-order valence-electron chi connectivity index (χ4n) is 3.58. The Morgan fingerprint density at radius 2 is 2.17 bits per heavy atom. The molecule has 2 fully saturated rings. The summed E-state index contributed by atoms with van der Waals surface area (Å²) in [5, 5.41) is 25.1. The van der Waals surface area contributed by atoms with E-state index in [1.807, 2.05) is 0 Å². The average molecular weight is 573 g/mol. The zero-order valence-electron chi connectivity index (χ0n) is 19.2. The van der Waals surface area contributed by atoms with Crippen LogP contribution in [-0.2, 0) is 27.0 Å². The van der Waals surface area contributed by atoms with Crippen LogP contribution in [0.4, 0.5) is 18.3 Å². The van der Waals surface area contributed by atoms with Gasteiger partial charge in [0.25, 0.3) is 0 Å². The molecule has 2 aromatic rings. The molecule has 2 saturated heterocycles. The van der Waals surface area contributed by atoms with Gasteiger partial charge < -0.3 is 27.7 Å². The minimum atomic E-state index is -4.69. The number of halogens is 3. The van der Waals surface area contributed by atoms with Crippen LogP contribution in [0.2, 0.25) is 0 Å². The van der Waals surface area contributed by atoms with E-state index in [-0.39, 0.29) is 70.2 Å². The summed E-state index contributed by atoms with van der Waals surface area (Å²) in [5.41, 5.74) is 3.58. The minimum absolute atomic E-state index is 0. The number of rotatable bonds is 6. The van der Waals surface area contributed by atoms with Gasteiger partial charge in [-0.15, -0.1) is 22.7 Å². The summed E-state index contributed by atoms with van der Waals surface area (Å²) in [6.45, 7) is 0. The predicted molar refractivity (Wildman–Crippen MR) is 122 cm³/mol. The fourth-order valence-corrected chi connectivity index (χ4v) is 6.18. The Kier molecular flexibility index (Phi) is 8.41. The van der Waals surface area contributed by atoms with Crippen LogP contribution in [0.25, 0.3) is 6.08 Å². The quantitative estimate of drug-likeness (QED) is 0.149. The Balaban J connectivity index is 0.00000241. The maximum Gasteiger partial charge on any atom is 1.00 e. The van der Waals surface area contributed by atoms with Crippen molar-refractivity contribution in [1.29, 1.82) is 0 Å². The standard InChI is InChI=1S/C18H15F3N6O5S3.Na.H/c19-18(20,21)14-23-5-8(34-14)1-2-17(15(30)31)12(25-9(28)3-7-6-33-16(22)24-7)27-10(29)4-11(27)35-13(17)26-32;;/h1-2,5-6,11-12,32H,3-4H2,(H2,22,24)(H,25,28)(H,30,31);;/q;+1;-1/t11-,12?,17?;;/m1../s1. The molecule has 2 aliphatic rings. The number of carboxylic acids is 1. The number of nitrogen functional groups attached to an aromatic ring is 1. The first-order chi connectivity index (χ1) is 16.5. The van der Waals surface area contributed by atoms with Gasteiger partial charge in [0.15, 0.2) is 15.6 Å². The molecule has 18 heteroatoms. The van der Waals surface area contributed by atoms with Crippen molar-refractivity contribution >= 4 is 68.5 Å². The van der Waals surface area contributed by atoms with Crippen LogP contribution in [0.1, 0.15) is 23.4 Å².